The molecule has 90 valence electrons. The molecular formula is C12H21N3O. The minimum absolute atomic E-state index is 0.433. The smallest absolute Gasteiger partial charge is 0.229 e. The summed E-state index contributed by atoms with van der Waals surface area (Å²) < 4.78 is 5.38. The quantitative estimate of drug-likeness (QED) is 0.851. The van der Waals surface area contributed by atoms with Crippen LogP contribution in [-0.4, -0.2) is 23.2 Å². The molecule has 0 atom stereocenters. The zero-order valence-electron chi connectivity index (χ0n) is 10.2. The molecule has 4 nitrogen and oxygen atoms in total. The van der Waals surface area contributed by atoms with Crippen LogP contribution in [0.15, 0.2) is 4.52 Å². The fourth-order valence-corrected chi connectivity index (χ4v) is 2.30. The number of aromatic nitrogens is 2. The second kappa shape index (κ2) is 5.43. The molecular weight excluding hydrogens is 202 g/mol. The summed E-state index contributed by atoms with van der Waals surface area (Å²) in [6.07, 6.45) is 4.40. The van der Waals surface area contributed by atoms with Crippen molar-refractivity contribution in [3.63, 3.8) is 0 Å². The zero-order valence-corrected chi connectivity index (χ0v) is 10.2. The average Bonchev–Trinajstić information content (AvgIpc) is 2.81. The topological polar surface area (TPSA) is 51.0 Å². The highest BCUT2D eigenvalue weighted by Crippen LogP contribution is 2.26. The molecule has 1 aliphatic heterocycles. The second-order valence-corrected chi connectivity index (χ2v) is 4.53. The Morgan fingerprint density at radius 2 is 2.00 bits per heavy atom. The van der Waals surface area contributed by atoms with Gasteiger partial charge >= 0.3 is 0 Å². The molecule has 0 unspecified atom stereocenters. The monoisotopic (exact) mass is 223 g/mol. The van der Waals surface area contributed by atoms with Crippen LogP contribution in [-0.2, 0) is 0 Å². The summed E-state index contributed by atoms with van der Waals surface area (Å²) in [4.78, 5) is 4.57. The molecule has 2 rings (SSSR count). The Hall–Kier alpha value is -0.900. The molecule has 0 spiro atoms. The van der Waals surface area contributed by atoms with Gasteiger partial charge in [0, 0.05) is 11.8 Å². The first-order chi connectivity index (χ1) is 7.85. The van der Waals surface area contributed by atoms with Crippen LogP contribution in [0.1, 0.15) is 63.1 Å². The van der Waals surface area contributed by atoms with Crippen LogP contribution in [0.4, 0.5) is 0 Å². The van der Waals surface area contributed by atoms with Crippen molar-refractivity contribution >= 4 is 0 Å². The molecule has 16 heavy (non-hydrogen) atoms. The van der Waals surface area contributed by atoms with Crippen LogP contribution < -0.4 is 5.32 Å². The van der Waals surface area contributed by atoms with E-state index in [-0.39, 0.29) is 0 Å². The second-order valence-electron chi connectivity index (χ2n) is 4.53. The normalized spacial score (nSPS) is 18.2. The van der Waals surface area contributed by atoms with Gasteiger partial charge in [-0.2, -0.15) is 4.98 Å². The van der Waals surface area contributed by atoms with Crippen molar-refractivity contribution in [1.29, 1.82) is 0 Å². The van der Waals surface area contributed by atoms with E-state index in [1.807, 2.05) is 0 Å². The summed E-state index contributed by atoms with van der Waals surface area (Å²) in [7, 11) is 0. The van der Waals surface area contributed by atoms with Gasteiger partial charge in [-0.1, -0.05) is 19.0 Å². The van der Waals surface area contributed by atoms with Crippen LogP contribution in [0.5, 0.6) is 0 Å². The fourth-order valence-electron chi connectivity index (χ4n) is 2.30. The molecule has 1 saturated heterocycles. The summed E-state index contributed by atoms with van der Waals surface area (Å²) in [5, 5.41) is 7.49. The van der Waals surface area contributed by atoms with Gasteiger partial charge in [0.1, 0.15) is 0 Å². The Morgan fingerprint density at radius 1 is 1.31 bits per heavy atom. The van der Waals surface area contributed by atoms with Crippen molar-refractivity contribution in [2.75, 3.05) is 13.1 Å². The van der Waals surface area contributed by atoms with E-state index in [1.54, 1.807) is 0 Å². The summed E-state index contributed by atoms with van der Waals surface area (Å²) in [5.74, 6) is 2.68. The van der Waals surface area contributed by atoms with E-state index < -0.39 is 0 Å². The summed E-state index contributed by atoms with van der Waals surface area (Å²) in [6, 6.07) is 0. The van der Waals surface area contributed by atoms with E-state index in [0.717, 1.165) is 50.5 Å². The lowest BCUT2D eigenvalue weighted by Crippen LogP contribution is -2.27. The van der Waals surface area contributed by atoms with Crippen LogP contribution in [0.25, 0.3) is 0 Å². The van der Waals surface area contributed by atoms with Gasteiger partial charge in [0.2, 0.25) is 5.89 Å². The van der Waals surface area contributed by atoms with Crippen LogP contribution >= 0.6 is 0 Å². The summed E-state index contributed by atoms with van der Waals surface area (Å²) in [6.45, 7) is 6.48. The van der Waals surface area contributed by atoms with Crippen molar-refractivity contribution in [1.82, 2.24) is 15.5 Å². The maximum absolute atomic E-state index is 5.38. The molecule has 0 amide bonds. The van der Waals surface area contributed by atoms with Crippen molar-refractivity contribution in [2.24, 2.45) is 0 Å². The van der Waals surface area contributed by atoms with Crippen molar-refractivity contribution < 1.29 is 4.52 Å². The third kappa shape index (κ3) is 2.43. The highest BCUT2D eigenvalue weighted by atomic mass is 16.5. The van der Waals surface area contributed by atoms with Crippen LogP contribution in [0.3, 0.4) is 0 Å². The zero-order chi connectivity index (χ0) is 11.4. The van der Waals surface area contributed by atoms with Crippen molar-refractivity contribution in [3.05, 3.63) is 11.7 Å². The third-order valence-corrected chi connectivity index (χ3v) is 3.50. The molecule has 1 aromatic heterocycles. The standard InChI is InChI=1S/C12H21N3O/c1-3-9(4-2)12-14-11(15-16-12)10-5-7-13-8-6-10/h9-10,13H,3-8H2,1-2H3. The Labute approximate surface area is 96.8 Å². The first kappa shape index (κ1) is 11.6. The first-order valence-corrected chi connectivity index (χ1v) is 6.39. The fraction of sp³-hybridized carbons (Fsp3) is 0.833. The van der Waals surface area contributed by atoms with Gasteiger partial charge in [-0.25, -0.2) is 0 Å². The third-order valence-electron chi connectivity index (χ3n) is 3.50. The molecule has 2 heterocycles. The molecule has 0 saturated carbocycles. The Bertz CT molecular complexity index is 314. The molecule has 0 radical (unpaired) electrons. The molecule has 1 aliphatic rings. The largest absolute Gasteiger partial charge is 0.339 e. The van der Waals surface area contributed by atoms with Gasteiger partial charge in [0.25, 0.3) is 0 Å². The number of piperidine rings is 1. The molecule has 0 bridgehead atoms. The Kier molecular flexibility index (Phi) is 3.93. The number of hydrogen-bond donors (Lipinski definition) is 1. The lowest BCUT2D eigenvalue weighted by atomic mass is 9.97. The number of hydrogen-bond acceptors (Lipinski definition) is 4. The lowest BCUT2D eigenvalue weighted by Gasteiger charge is -2.19. The van der Waals surface area contributed by atoms with Gasteiger partial charge in [-0.15, -0.1) is 0 Å². The van der Waals surface area contributed by atoms with E-state index in [9.17, 15) is 0 Å². The molecule has 0 aliphatic carbocycles. The predicted molar refractivity (Wildman–Crippen MR) is 62.5 cm³/mol. The SMILES string of the molecule is CCC(CC)c1nc(C2CCNCC2)no1. The van der Waals surface area contributed by atoms with Crippen molar-refractivity contribution in [3.8, 4) is 0 Å². The number of rotatable bonds is 4. The van der Waals surface area contributed by atoms with Gasteiger partial charge in [0.15, 0.2) is 5.82 Å². The van der Waals surface area contributed by atoms with E-state index >= 15 is 0 Å². The molecule has 1 aromatic rings. The summed E-state index contributed by atoms with van der Waals surface area (Å²) >= 11 is 0. The van der Waals surface area contributed by atoms with Crippen molar-refractivity contribution in [2.45, 2.75) is 51.4 Å². The molecule has 0 aromatic carbocycles. The van der Waals surface area contributed by atoms with Gasteiger partial charge < -0.3 is 9.84 Å². The maximum Gasteiger partial charge on any atom is 0.229 e. The molecule has 4 heteroatoms. The minimum atomic E-state index is 0.433. The van der Waals surface area contributed by atoms with E-state index in [0.29, 0.717) is 11.8 Å². The maximum atomic E-state index is 5.38. The van der Waals surface area contributed by atoms with Gasteiger partial charge in [-0.3, -0.25) is 0 Å². The Balaban J connectivity index is 2.05. The predicted octanol–water partition coefficient (Wildman–Crippen LogP) is 2.44. The van der Waals surface area contributed by atoms with Crippen LogP contribution in [0, 0.1) is 0 Å². The van der Waals surface area contributed by atoms with E-state index in [2.05, 4.69) is 29.3 Å². The number of nitrogens with zero attached hydrogens (tertiary/aromatic N) is 2. The highest BCUT2D eigenvalue weighted by Gasteiger charge is 2.22. The lowest BCUT2D eigenvalue weighted by molar-refractivity contribution is 0.336. The van der Waals surface area contributed by atoms with Gasteiger partial charge in [0.05, 0.1) is 0 Å². The average molecular weight is 223 g/mol. The first-order valence-electron chi connectivity index (χ1n) is 6.39. The van der Waals surface area contributed by atoms with E-state index in [1.165, 1.54) is 0 Å². The summed E-state index contributed by atoms with van der Waals surface area (Å²) in [5.41, 5.74) is 0. The Morgan fingerprint density at radius 3 is 2.62 bits per heavy atom. The van der Waals surface area contributed by atoms with E-state index in [4.69, 9.17) is 4.52 Å². The minimum Gasteiger partial charge on any atom is -0.339 e. The highest BCUT2D eigenvalue weighted by molar-refractivity contribution is 5.00. The molecule has 1 N–H and O–H groups in total. The van der Waals surface area contributed by atoms with Crippen LogP contribution in [0.2, 0.25) is 0 Å². The van der Waals surface area contributed by atoms with Gasteiger partial charge in [-0.05, 0) is 38.8 Å². The number of nitrogens with one attached hydrogen (secondary N) is 1. The molecule has 1 fully saturated rings.